The van der Waals surface area contributed by atoms with Crippen molar-refractivity contribution in [3.8, 4) is 0 Å². The summed E-state index contributed by atoms with van der Waals surface area (Å²) in [5.74, 6) is 0. The number of nitrogens with one attached hydrogen (secondary N) is 1. The van der Waals surface area contributed by atoms with Gasteiger partial charge in [-0.25, -0.2) is 13.1 Å². The minimum atomic E-state index is -3.22. The molecule has 2 aromatic carbocycles. The van der Waals surface area contributed by atoms with Crippen LogP contribution >= 0.6 is 27.5 Å². The molecule has 6 nitrogen and oxygen atoms in total. The van der Waals surface area contributed by atoms with Crippen molar-refractivity contribution in [1.82, 2.24) is 9.29 Å². The van der Waals surface area contributed by atoms with E-state index in [0.717, 1.165) is 44.2 Å². The van der Waals surface area contributed by atoms with Crippen LogP contribution in [0.4, 0.5) is 0 Å². The van der Waals surface area contributed by atoms with Crippen molar-refractivity contribution >= 4 is 54.2 Å². The SMILES string of the molecule is CCON=C(Cc1ccccc1Br)c1c(C)n(CCCNS(C)(=O)=O)c2c(Cl)cccc12. The van der Waals surface area contributed by atoms with E-state index in [1.54, 1.807) is 0 Å². The lowest BCUT2D eigenvalue weighted by atomic mass is 9.99. The first-order chi connectivity index (χ1) is 15.2. The second kappa shape index (κ2) is 10.8. The van der Waals surface area contributed by atoms with E-state index in [2.05, 4.69) is 36.4 Å². The molecule has 0 spiro atoms. The van der Waals surface area contributed by atoms with Gasteiger partial charge in [0.15, 0.2) is 0 Å². The van der Waals surface area contributed by atoms with E-state index in [0.29, 0.717) is 37.6 Å². The molecule has 1 aromatic heterocycles. The van der Waals surface area contributed by atoms with E-state index in [1.807, 2.05) is 50.2 Å². The average Bonchev–Trinajstić information content (AvgIpc) is 3.02. The van der Waals surface area contributed by atoms with Gasteiger partial charge in [0.25, 0.3) is 0 Å². The number of hydrogen-bond acceptors (Lipinski definition) is 4. The predicted octanol–water partition coefficient (Wildman–Crippen LogP) is 5.29. The zero-order valence-electron chi connectivity index (χ0n) is 18.4. The van der Waals surface area contributed by atoms with Crippen molar-refractivity contribution < 1.29 is 13.3 Å². The third-order valence-electron chi connectivity index (χ3n) is 5.12. The van der Waals surface area contributed by atoms with E-state index in [-0.39, 0.29) is 0 Å². The summed E-state index contributed by atoms with van der Waals surface area (Å²) in [6.07, 6.45) is 2.38. The molecule has 0 unspecified atom stereocenters. The highest BCUT2D eigenvalue weighted by molar-refractivity contribution is 9.10. The number of sulfonamides is 1. The zero-order chi connectivity index (χ0) is 23.3. The van der Waals surface area contributed by atoms with Crippen molar-refractivity contribution in [2.75, 3.05) is 19.4 Å². The van der Waals surface area contributed by atoms with Crippen LogP contribution in [0.1, 0.15) is 30.2 Å². The molecule has 9 heteroatoms. The molecule has 172 valence electrons. The Bertz CT molecular complexity index is 1240. The Kier molecular flexibility index (Phi) is 8.38. The van der Waals surface area contributed by atoms with Crippen molar-refractivity contribution in [3.63, 3.8) is 0 Å². The molecule has 0 aliphatic carbocycles. The molecule has 0 amide bonds. The molecule has 0 aliphatic heterocycles. The standard InChI is InChI=1S/C23H27BrClN3O3S/c1-4-31-27-21(15-17-9-5-6-11-19(17)24)22-16(2)28(14-8-13-26-32(3,29)30)23-18(22)10-7-12-20(23)25/h5-7,9-12,26H,4,8,13-15H2,1-3H3. The molecule has 1 heterocycles. The number of nitrogens with zero attached hydrogens (tertiary/aromatic N) is 2. The Morgan fingerprint density at radius 3 is 2.66 bits per heavy atom. The molecule has 0 atom stereocenters. The maximum Gasteiger partial charge on any atom is 0.208 e. The third kappa shape index (κ3) is 5.92. The quantitative estimate of drug-likeness (QED) is 0.216. The Balaban J connectivity index is 2.06. The number of benzene rings is 2. The second-order valence-corrected chi connectivity index (χ2v) is 10.6. The molecule has 32 heavy (non-hydrogen) atoms. The minimum Gasteiger partial charge on any atom is -0.396 e. The summed E-state index contributed by atoms with van der Waals surface area (Å²) in [5, 5.41) is 6.12. The van der Waals surface area contributed by atoms with E-state index in [4.69, 9.17) is 16.4 Å². The molecule has 3 aromatic rings. The molecular formula is C23H27BrClN3O3S. The molecule has 0 aliphatic rings. The Morgan fingerprint density at radius 1 is 1.22 bits per heavy atom. The van der Waals surface area contributed by atoms with Gasteiger partial charge in [0.2, 0.25) is 10.0 Å². The number of aromatic nitrogens is 1. The molecule has 3 rings (SSSR count). The van der Waals surface area contributed by atoms with Gasteiger partial charge in [-0.2, -0.15) is 0 Å². The van der Waals surface area contributed by atoms with Crippen LogP contribution in [0.5, 0.6) is 0 Å². The monoisotopic (exact) mass is 539 g/mol. The van der Waals surface area contributed by atoms with Crippen LogP contribution < -0.4 is 4.72 Å². The summed E-state index contributed by atoms with van der Waals surface area (Å²) < 4.78 is 28.5. The second-order valence-electron chi connectivity index (χ2n) is 7.49. The fraction of sp³-hybridized carbons (Fsp3) is 0.348. The first-order valence-corrected chi connectivity index (χ1v) is 13.4. The first kappa shape index (κ1) is 24.8. The topological polar surface area (TPSA) is 72.7 Å². The number of para-hydroxylation sites is 1. The van der Waals surface area contributed by atoms with Gasteiger partial charge in [0, 0.05) is 40.6 Å². The van der Waals surface area contributed by atoms with Gasteiger partial charge in [0.05, 0.1) is 22.5 Å². The van der Waals surface area contributed by atoms with Crippen molar-refractivity contribution in [3.05, 3.63) is 68.8 Å². The van der Waals surface area contributed by atoms with Crippen LogP contribution in [-0.2, 0) is 27.8 Å². The maximum atomic E-state index is 11.4. The number of halogens is 2. The largest absolute Gasteiger partial charge is 0.396 e. The zero-order valence-corrected chi connectivity index (χ0v) is 21.5. The third-order valence-corrected chi connectivity index (χ3v) is 6.93. The van der Waals surface area contributed by atoms with E-state index in [9.17, 15) is 8.42 Å². The highest BCUT2D eigenvalue weighted by Gasteiger charge is 2.21. The van der Waals surface area contributed by atoms with Gasteiger partial charge in [-0.1, -0.05) is 63.0 Å². The lowest BCUT2D eigenvalue weighted by molar-refractivity contribution is 0.158. The maximum absolute atomic E-state index is 11.4. The van der Waals surface area contributed by atoms with Gasteiger partial charge in [-0.15, -0.1) is 0 Å². The highest BCUT2D eigenvalue weighted by atomic mass is 79.9. The van der Waals surface area contributed by atoms with Crippen LogP contribution in [0, 0.1) is 6.92 Å². The molecule has 1 N–H and O–H groups in total. The molecule has 0 saturated heterocycles. The lowest BCUT2D eigenvalue weighted by Crippen LogP contribution is -2.24. The minimum absolute atomic E-state index is 0.356. The summed E-state index contributed by atoms with van der Waals surface area (Å²) in [7, 11) is -3.22. The molecule has 0 fully saturated rings. The highest BCUT2D eigenvalue weighted by Crippen LogP contribution is 2.33. The van der Waals surface area contributed by atoms with Crippen molar-refractivity contribution in [1.29, 1.82) is 0 Å². The van der Waals surface area contributed by atoms with Gasteiger partial charge in [-0.05, 0) is 38.0 Å². The summed E-state index contributed by atoms with van der Waals surface area (Å²) in [6.45, 7) is 5.38. The van der Waals surface area contributed by atoms with Crippen molar-refractivity contribution in [2.24, 2.45) is 5.16 Å². The first-order valence-electron chi connectivity index (χ1n) is 10.4. The molecule has 0 radical (unpaired) electrons. The van der Waals surface area contributed by atoms with Crippen LogP contribution in [0.25, 0.3) is 10.9 Å². The number of rotatable bonds is 10. The smallest absolute Gasteiger partial charge is 0.208 e. The molecule has 0 bridgehead atoms. The van der Waals surface area contributed by atoms with Crippen LogP contribution in [-0.4, -0.2) is 38.1 Å². The number of fused-ring (bicyclic) bond motifs is 1. The van der Waals surface area contributed by atoms with Crippen LogP contribution in [0.2, 0.25) is 5.02 Å². The van der Waals surface area contributed by atoms with Gasteiger partial charge in [0.1, 0.15) is 6.61 Å². The Labute approximate surface area is 202 Å². The van der Waals surface area contributed by atoms with Crippen LogP contribution in [0.3, 0.4) is 0 Å². The number of hydrogen-bond donors (Lipinski definition) is 1. The lowest BCUT2D eigenvalue weighted by Gasteiger charge is -2.11. The van der Waals surface area contributed by atoms with E-state index in [1.165, 1.54) is 0 Å². The van der Waals surface area contributed by atoms with Crippen molar-refractivity contribution in [2.45, 2.75) is 33.2 Å². The fourth-order valence-corrected chi connectivity index (χ4v) is 4.98. The number of aryl methyl sites for hydroxylation is 1. The normalized spacial score (nSPS) is 12.5. The Morgan fingerprint density at radius 2 is 1.97 bits per heavy atom. The number of oxime groups is 1. The summed E-state index contributed by atoms with van der Waals surface area (Å²) >= 11 is 10.2. The van der Waals surface area contributed by atoms with E-state index >= 15 is 0 Å². The van der Waals surface area contributed by atoms with Gasteiger partial charge >= 0.3 is 0 Å². The molecule has 0 saturated carbocycles. The average molecular weight is 541 g/mol. The summed E-state index contributed by atoms with van der Waals surface area (Å²) in [6, 6.07) is 13.9. The van der Waals surface area contributed by atoms with Gasteiger partial charge < -0.3 is 9.40 Å². The van der Waals surface area contributed by atoms with Gasteiger partial charge in [-0.3, -0.25) is 0 Å². The summed E-state index contributed by atoms with van der Waals surface area (Å²) in [5.41, 5.74) is 4.83. The van der Waals surface area contributed by atoms with E-state index < -0.39 is 10.0 Å². The Hall–Kier alpha value is -1.87. The fourth-order valence-electron chi connectivity index (χ4n) is 3.76. The predicted molar refractivity (Wildman–Crippen MR) is 135 cm³/mol. The van der Waals surface area contributed by atoms with Crippen LogP contribution in [0.15, 0.2) is 52.1 Å². The summed E-state index contributed by atoms with van der Waals surface area (Å²) in [4.78, 5) is 5.50. The molecular weight excluding hydrogens is 514 g/mol.